The minimum absolute atomic E-state index is 0.205. The van der Waals surface area contributed by atoms with E-state index in [-0.39, 0.29) is 11.7 Å². The number of hydrogen-bond acceptors (Lipinski definition) is 3. The van der Waals surface area contributed by atoms with Gasteiger partial charge in [0, 0.05) is 9.92 Å². The van der Waals surface area contributed by atoms with Crippen molar-refractivity contribution in [2.75, 3.05) is 11.1 Å². The Morgan fingerprint density at radius 2 is 1.76 bits per heavy atom. The number of benzene rings is 2. The molecule has 0 radical (unpaired) electrons. The highest BCUT2D eigenvalue weighted by atomic mass is 35.5. The number of carbonyl (C=O) groups excluding carboxylic acids is 2. The number of primary amides is 1. The summed E-state index contributed by atoms with van der Waals surface area (Å²) in [6.45, 7) is 0. The molecule has 0 aromatic heterocycles. The third-order valence-corrected chi connectivity index (χ3v) is 3.91. The standard InChI is InChI=1S/C15H13ClN2O2S/c16-10-5-7-11(8-6-10)21-9-14(19)18-13-4-2-1-3-12(13)15(17)20/h1-8H,9H2,(H2,17,20)(H,18,19). The summed E-state index contributed by atoms with van der Waals surface area (Å²) < 4.78 is 0. The molecule has 6 heteroatoms. The van der Waals surface area contributed by atoms with Crippen LogP contribution in [0.2, 0.25) is 5.02 Å². The molecule has 0 bridgehead atoms. The van der Waals surface area contributed by atoms with Crippen molar-refractivity contribution in [3.8, 4) is 0 Å². The van der Waals surface area contributed by atoms with E-state index in [2.05, 4.69) is 5.32 Å². The molecule has 0 fully saturated rings. The number of nitrogens with one attached hydrogen (secondary N) is 1. The van der Waals surface area contributed by atoms with Crippen LogP contribution in [0.5, 0.6) is 0 Å². The molecule has 0 saturated heterocycles. The normalized spacial score (nSPS) is 10.1. The molecule has 2 rings (SSSR count). The van der Waals surface area contributed by atoms with Crippen LogP contribution in [0.3, 0.4) is 0 Å². The second kappa shape index (κ2) is 7.15. The SMILES string of the molecule is NC(=O)c1ccccc1NC(=O)CSc1ccc(Cl)cc1. The number of para-hydroxylation sites is 1. The summed E-state index contributed by atoms with van der Waals surface area (Å²) in [4.78, 5) is 24.1. The lowest BCUT2D eigenvalue weighted by molar-refractivity contribution is -0.113. The third kappa shape index (κ3) is 4.51. The summed E-state index contributed by atoms with van der Waals surface area (Å²) in [7, 11) is 0. The van der Waals surface area contributed by atoms with E-state index in [1.54, 1.807) is 36.4 Å². The molecular formula is C15H13ClN2O2S. The van der Waals surface area contributed by atoms with Gasteiger partial charge in [-0.1, -0.05) is 23.7 Å². The van der Waals surface area contributed by atoms with E-state index in [1.165, 1.54) is 11.8 Å². The van der Waals surface area contributed by atoms with E-state index >= 15 is 0 Å². The average Bonchev–Trinajstić information content (AvgIpc) is 2.47. The number of carbonyl (C=O) groups is 2. The van der Waals surface area contributed by atoms with Gasteiger partial charge in [-0.2, -0.15) is 0 Å². The number of hydrogen-bond donors (Lipinski definition) is 2. The highest BCUT2D eigenvalue weighted by molar-refractivity contribution is 8.00. The van der Waals surface area contributed by atoms with Gasteiger partial charge < -0.3 is 11.1 Å². The predicted octanol–water partition coefficient (Wildman–Crippen LogP) is 3.17. The summed E-state index contributed by atoms with van der Waals surface area (Å²) in [5.74, 6) is -0.547. The van der Waals surface area contributed by atoms with Gasteiger partial charge in [0.1, 0.15) is 0 Å². The van der Waals surface area contributed by atoms with Crippen molar-refractivity contribution in [1.29, 1.82) is 0 Å². The maximum absolute atomic E-state index is 11.9. The van der Waals surface area contributed by atoms with E-state index in [0.29, 0.717) is 16.3 Å². The largest absolute Gasteiger partial charge is 0.366 e. The Morgan fingerprint density at radius 3 is 2.43 bits per heavy atom. The van der Waals surface area contributed by atoms with Crippen LogP contribution in [0.15, 0.2) is 53.4 Å². The van der Waals surface area contributed by atoms with Gasteiger partial charge >= 0.3 is 0 Å². The lowest BCUT2D eigenvalue weighted by Gasteiger charge is -2.08. The van der Waals surface area contributed by atoms with E-state index < -0.39 is 5.91 Å². The Balaban J connectivity index is 1.96. The van der Waals surface area contributed by atoms with Crippen molar-refractivity contribution in [3.63, 3.8) is 0 Å². The Morgan fingerprint density at radius 1 is 1.10 bits per heavy atom. The van der Waals surface area contributed by atoms with E-state index in [4.69, 9.17) is 17.3 Å². The van der Waals surface area contributed by atoms with E-state index in [1.807, 2.05) is 12.1 Å². The van der Waals surface area contributed by atoms with Gasteiger partial charge in [-0.15, -0.1) is 11.8 Å². The fourth-order valence-corrected chi connectivity index (χ4v) is 2.50. The van der Waals surface area contributed by atoms with E-state index in [9.17, 15) is 9.59 Å². The molecule has 21 heavy (non-hydrogen) atoms. The zero-order valence-corrected chi connectivity index (χ0v) is 12.6. The van der Waals surface area contributed by atoms with Crippen LogP contribution >= 0.6 is 23.4 Å². The van der Waals surface area contributed by atoms with Gasteiger partial charge in [-0.3, -0.25) is 9.59 Å². The van der Waals surface area contributed by atoms with Crippen LogP contribution in [0.4, 0.5) is 5.69 Å². The van der Waals surface area contributed by atoms with Crippen molar-refractivity contribution in [2.45, 2.75) is 4.90 Å². The second-order valence-electron chi connectivity index (χ2n) is 4.20. The zero-order chi connectivity index (χ0) is 15.2. The Bertz CT molecular complexity index is 659. The molecule has 0 saturated carbocycles. The highest BCUT2D eigenvalue weighted by Gasteiger charge is 2.10. The summed E-state index contributed by atoms with van der Waals surface area (Å²) in [5, 5.41) is 3.34. The van der Waals surface area contributed by atoms with Crippen LogP contribution in [-0.4, -0.2) is 17.6 Å². The smallest absolute Gasteiger partial charge is 0.250 e. The molecule has 0 atom stereocenters. The van der Waals surface area contributed by atoms with Gasteiger partial charge in [0.25, 0.3) is 5.91 Å². The first-order valence-corrected chi connectivity index (χ1v) is 7.49. The lowest BCUT2D eigenvalue weighted by Crippen LogP contribution is -2.19. The van der Waals surface area contributed by atoms with Crippen molar-refractivity contribution in [2.24, 2.45) is 5.73 Å². The Labute approximate surface area is 131 Å². The summed E-state index contributed by atoms with van der Waals surface area (Å²) >= 11 is 7.18. The maximum atomic E-state index is 11.9. The first-order valence-electron chi connectivity index (χ1n) is 6.13. The van der Waals surface area contributed by atoms with Crippen molar-refractivity contribution >= 4 is 40.9 Å². The number of nitrogens with two attached hydrogens (primary N) is 1. The minimum Gasteiger partial charge on any atom is -0.366 e. The first-order chi connectivity index (χ1) is 10.1. The van der Waals surface area contributed by atoms with Crippen LogP contribution in [0.1, 0.15) is 10.4 Å². The van der Waals surface area contributed by atoms with Crippen LogP contribution in [-0.2, 0) is 4.79 Å². The van der Waals surface area contributed by atoms with Crippen LogP contribution < -0.4 is 11.1 Å². The molecule has 2 aromatic rings. The zero-order valence-electron chi connectivity index (χ0n) is 11.0. The quantitative estimate of drug-likeness (QED) is 0.831. The molecule has 0 unspecified atom stereocenters. The fraction of sp³-hybridized carbons (Fsp3) is 0.0667. The Kier molecular flexibility index (Phi) is 5.25. The van der Waals surface area contributed by atoms with Gasteiger partial charge in [-0.25, -0.2) is 0 Å². The van der Waals surface area contributed by atoms with Gasteiger partial charge in [0.2, 0.25) is 5.91 Å². The van der Waals surface area contributed by atoms with Crippen molar-refractivity contribution < 1.29 is 9.59 Å². The molecular weight excluding hydrogens is 308 g/mol. The van der Waals surface area contributed by atoms with Gasteiger partial charge in [-0.05, 0) is 36.4 Å². The molecule has 0 aliphatic heterocycles. The monoisotopic (exact) mass is 320 g/mol. The molecule has 0 aliphatic carbocycles. The van der Waals surface area contributed by atoms with Crippen molar-refractivity contribution in [1.82, 2.24) is 0 Å². The average molecular weight is 321 g/mol. The first kappa shape index (κ1) is 15.4. The summed E-state index contributed by atoms with van der Waals surface area (Å²) in [6.07, 6.45) is 0. The predicted molar refractivity (Wildman–Crippen MR) is 85.8 cm³/mol. The molecule has 2 aromatic carbocycles. The molecule has 2 amide bonds. The highest BCUT2D eigenvalue weighted by Crippen LogP contribution is 2.21. The molecule has 3 N–H and O–H groups in total. The van der Waals surface area contributed by atoms with Crippen molar-refractivity contribution in [3.05, 3.63) is 59.1 Å². The van der Waals surface area contributed by atoms with Gasteiger partial charge in [0.05, 0.1) is 17.0 Å². The topological polar surface area (TPSA) is 72.2 Å². The Hall–Kier alpha value is -1.98. The second-order valence-corrected chi connectivity index (χ2v) is 5.69. The molecule has 0 heterocycles. The fourth-order valence-electron chi connectivity index (χ4n) is 1.67. The van der Waals surface area contributed by atoms with E-state index in [0.717, 1.165) is 4.90 Å². The third-order valence-electron chi connectivity index (χ3n) is 2.65. The molecule has 0 aliphatic rings. The molecule has 0 spiro atoms. The molecule has 4 nitrogen and oxygen atoms in total. The summed E-state index contributed by atoms with van der Waals surface area (Å²) in [5.41, 5.74) is 5.98. The number of halogens is 1. The number of amides is 2. The lowest BCUT2D eigenvalue weighted by atomic mass is 10.1. The minimum atomic E-state index is -0.573. The van der Waals surface area contributed by atoms with Crippen LogP contribution in [0.25, 0.3) is 0 Å². The number of rotatable bonds is 5. The number of thioether (sulfide) groups is 1. The maximum Gasteiger partial charge on any atom is 0.250 e. The van der Waals surface area contributed by atoms with Gasteiger partial charge in [0.15, 0.2) is 0 Å². The summed E-state index contributed by atoms with van der Waals surface area (Å²) in [6, 6.07) is 13.9. The van der Waals surface area contributed by atoms with Crippen LogP contribution in [0, 0.1) is 0 Å². The molecule has 108 valence electrons. The number of anilines is 1.